The zero-order valence-electron chi connectivity index (χ0n) is 14.4. The molecule has 142 valence electrons. The van der Waals surface area contributed by atoms with Crippen LogP contribution in [0.4, 0.5) is 4.39 Å². The van der Waals surface area contributed by atoms with Crippen LogP contribution in [0, 0.1) is 5.82 Å². The lowest BCUT2D eigenvalue weighted by molar-refractivity contribution is -0.124. The van der Waals surface area contributed by atoms with Crippen LogP contribution in [0.1, 0.15) is 22.0 Å². The number of amides is 2. The van der Waals surface area contributed by atoms with Crippen LogP contribution < -0.4 is 5.73 Å². The average Bonchev–Trinajstić information content (AvgIpc) is 2.65. The lowest BCUT2D eigenvalue weighted by Crippen LogP contribution is -2.52. The monoisotopic (exact) mass is 409 g/mol. The van der Waals surface area contributed by atoms with E-state index < -0.39 is 23.7 Å². The van der Waals surface area contributed by atoms with Gasteiger partial charge in [-0.2, -0.15) is 0 Å². The van der Waals surface area contributed by atoms with Crippen LogP contribution in [0.5, 0.6) is 0 Å². The van der Waals surface area contributed by atoms with E-state index in [2.05, 4.69) is 0 Å². The van der Waals surface area contributed by atoms with Gasteiger partial charge in [0.25, 0.3) is 5.91 Å². The summed E-state index contributed by atoms with van der Waals surface area (Å²) in [7, 11) is 0. The molecule has 2 N–H and O–H groups in total. The smallest absolute Gasteiger partial charge is 0.256 e. The number of carbonyl (C=O) groups is 2. The molecule has 0 spiro atoms. The van der Waals surface area contributed by atoms with Gasteiger partial charge in [-0.15, -0.1) is 0 Å². The normalized spacial score (nSPS) is 16.2. The summed E-state index contributed by atoms with van der Waals surface area (Å²) in [6, 6.07) is 10.2. The molecule has 1 atom stereocenters. The van der Waals surface area contributed by atoms with Crippen molar-refractivity contribution in [2.24, 2.45) is 5.73 Å². The Balaban J connectivity index is 1.71. The van der Waals surface area contributed by atoms with Gasteiger partial charge in [-0.1, -0.05) is 35.3 Å². The second kappa shape index (κ2) is 8.25. The molecule has 0 aliphatic carbocycles. The molecule has 27 heavy (non-hydrogen) atoms. The Morgan fingerprint density at radius 3 is 2.15 bits per heavy atom. The molecule has 0 unspecified atom stereocenters. The number of carbonyl (C=O) groups excluding carboxylic acids is 2. The molecule has 0 aromatic heterocycles. The average molecular weight is 410 g/mol. The Morgan fingerprint density at radius 1 is 0.963 bits per heavy atom. The molecule has 1 saturated heterocycles. The molecule has 1 aliphatic rings. The number of primary amides is 1. The van der Waals surface area contributed by atoms with E-state index in [0.717, 1.165) is 5.56 Å². The van der Waals surface area contributed by atoms with Crippen molar-refractivity contribution in [2.75, 3.05) is 26.2 Å². The molecule has 2 aromatic rings. The lowest BCUT2D eigenvalue weighted by atomic mass is 10.0. The van der Waals surface area contributed by atoms with Crippen molar-refractivity contribution in [3.05, 3.63) is 69.5 Å². The topological polar surface area (TPSA) is 66.6 Å². The van der Waals surface area contributed by atoms with Crippen molar-refractivity contribution < 1.29 is 14.0 Å². The van der Waals surface area contributed by atoms with Crippen LogP contribution >= 0.6 is 23.2 Å². The van der Waals surface area contributed by atoms with Crippen LogP contribution in [0.3, 0.4) is 0 Å². The standard InChI is InChI=1S/C19H18Cl2FN3O2/c20-13-3-1-12(2-4-13)17(18(23)26)24-7-9-25(10-8-24)19(27)15-11-14(21)5-6-16(15)22/h1-6,11,17H,7-10H2,(H2,23,26)/t17-/m0/s1. The van der Waals surface area contributed by atoms with Gasteiger partial charge in [0.15, 0.2) is 0 Å². The highest BCUT2D eigenvalue weighted by Crippen LogP contribution is 2.24. The first-order valence-corrected chi connectivity index (χ1v) is 9.15. The number of nitrogens with two attached hydrogens (primary N) is 1. The Morgan fingerprint density at radius 2 is 1.56 bits per heavy atom. The summed E-state index contributed by atoms with van der Waals surface area (Å²) in [6.45, 7) is 1.57. The molecule has 1 heterocycles. The van der Waals surface area contributed by atoms with E-state index in [1.807, 2.05) is 4.90 Å². The maximum absolute atomic E-state index is 14.0. The summed E-state index contributed by atoms with van der Waals surface area (Å²) in [5.74, 6) is -1.50. The van der Waals surface area contributed by atoms with E-state index in [9.17, 15) is 14.0 Å². The number of piperazine rings is 1. The second-order valence-electron chi connectivity index (χ2n) is 6.31. The van der Waals surface area contributed by atoms with E-state index in [-0.39, 0.29) is 5.56 Å². The van der Waals surface area contributed by atoms with Crippen molar-refractivity contribution in [2.45, 2.75) is 6.04 Å². The summed E-state index contributed by atoms with van der Waals surface area (Å²) in [4.78, 5) is 28.1. The highest BCUT2D eigenvalue weighted by Gasteiger charge is 2.31. The third kappa shape index (κ3) is 4.40. The van der Waals surface area contributed by atoms with Gasteiger partial charge in [0.1, 0.15) is 11.9 Å². The Hall–Kier alpha value is -2.15. The first-order valence-electron chi connectivity index (χ1n) is 8.40. The molecule has 8 heteroatoms. The fourth-order valence-electron chi connectivity index (χ4n) is 3.22. The summed E-state index contributed by atoms with van der Waals surface area (Å²) in [6.07, 6.45) is 0. The SMILES string of the molecule is NC(=O)[C@H](c1ccc(Cl)cc1)N1CCN(C(=O)c2cc(Cl)ccc2F)CC1. The molecule has 0 bridgehead atoms. The largest absolute Gasteiger partial charge is 0.368 e. The van der Waals surface area contributed by atoms with Crippen molar-refractivity contribution in [1.29, 1.82) is 0 Å². The molecule has 5 nitrogen and oxygen atoms in total. The van der Waals surface area contributed by atoms with E-state index in [0.29, 0.717) is 36.2 Å². The van der Waals surface area contributed by atoms with Gasteiger partial charge in [0.05, 0.1) is 5.56 Å². The predicted molar refractivity (Wildman–Crippen MR) is 102 cm³/mol. The van der Waals surface area contributed by atoms with Crippen LogP contribution in [0.2, 0.25) is 10.0 Å². The Labute approximate surface area is 166 Å². The highest BCUT2D eigenvalue weighted by atomic mass is 35.5. The van der Waals surface area contributed by atoms with Gasteiger partial charge >= 0.3 is 0 Å². The van der Waals surface area contributed by atoms with Crippen molar-refractivity contribution in [1.82, 2.24) is 9.80 Å². The second-order valence-corrected chi connectivity index (χ2v) is 7.18. The molecule has 2 amide bonds. The minimum atomic E-state index is -0.609. The van der Waals surface area contributed by atoms with Gasteiger partial charge in [-0.3, -0.25) is 14.5 Å². The Kier molecular flexibility index (Phi) is 5.99. The van der Waals surface area contributed by atoms with Crippen molar-refractivity contribution >= 4 is 35.0 Å². The summed E-state index contributed by atoms with van der Waals surface area (Å²) in [5.41, 5.74) is 6.29. The molecule has 3 rings (SSSR count). The quantitative estimate of drug-likeness (QED) is 0.843. The number of benzene rings is 2. The maximum Gasteiger partial charge on any atom is 0.256 e. The Bertz CT molecular complexity index is 853. The molecular formula is C19H18Cl2FN3O2. The van der Waals surface area contributed by atoms with E-state index in [4.69, 9.17) is 28.9 Å². The van der Waals surface area contributed by atoms with Crippen LogP contribution in [-0.4, -0.2) is 47.8 Å². The minimum Gasteiger partial charge on any atom is -0.368 e. The third-order valence-electron chi connectivity index (χ3n) is 4.58. The molecule has 1 aliphatic heterocycles. The number of rotatable bonds is 4. The summed E-state index contributed by atoms with van der Waals surface area (Å²) >= 11 is 11.8. The summed E-state index contributed by atoms with van der Waals surface area (Å²) in [5, 5.41) is 0.871. The van der Waals surface area contributed by atoms with Gasteiger partial charge in [-0.25, -0.2) is 4.39 Å². The molecule has 0 saturated carbocycles. The third-order valence-corrected chi connectivity index (χ3v) is 5.07. The predicted octanol–water partition coefficient (Wildman–Crippen LogP) is 3.12. The van der Waals surface area contributed by atoms with Gasteiger partial charge in [0, 0.05) is 36.2 Å². The molecule has 2 aromatic carbocycles. The fourth-order valence-corrected chi connectivity index (χ4v) is 3.51. The molecule has 0 radical (unpaired) electrons. The van der Waals surface area contributed by atoms with Crippen LogP contribution in [-0.2, 0) is 4.79 Å². The van der Waals surface area contributed by atoms with E-state index >= 15 is 0 Å². The number of hydrogen-bond acceptors (Lipinski definition) is 3. The van der Waals surface area contributed by atoms with Crippen LogP contribution in [0.25, 0.3) is 0 Å². The van der Waals surface area contributed by atoms with E-state index in [1.165, 1.54) is 18.2 Å². The van der Waals surface area contributed by atoms with Gasteiger partial charge < -0.3 is 10.6 Å². The van der Waals surface area contributed by atoms with Gasteiger partial charge in [-0.05, 0) is 35.9 Å². The minimum absolute atomic E-state index is 0.0555. The first-order chi connectivity index (χ1) is 12.9. The van der Waals surface area contributed by atoms with E-state index in [1.54, 1.807) is 29.2 Å². The lowest BCUT2D eigenvalue weighted by Gasteiger charge is -2.38. The van der Waals surface area contributed by atoms with Crippen molar-refractivity contribution in [3.8, 4) is 0 Å². The maximum atomic E-state index is 14.0. The number of nitrogens with zero attached hydrogens (tertiary/aromatic N) is 2. The molecule has 1 fully saturated rings. The number of halogens is 3. The van der Waals surface area contributed by atoms with Crippen LogP contribution in [0.15, 0.2) is 42.5 Å². The zero-order valence-corrected chi connectivity index (χ0v) is 15.9. The first kappa shape index (κ1) is 19.6. The summed E-state index contributed by atoms with van der Waals surface area (Å²) < 4.78 is 14.0. The zero-order chi connectivity index (χ0) is 19.6. The fraction of sp³-hybridized carbons (Fsp3) is 0.263. The molecular weight excluding hydrogens is 392 g/mol. The van der Waals surface area contributed by atoms with Gasteiger partial charge in [0.2, 0.25) is 5.91 Å². The highest BCUT2D eigenvalue weighted by molar-refractivity contribution is 6.31. The number of hydrogen-bond donors (Lipinski definition) is 1. The van der Waals surface area contributed by atoms with Crippen molar-refractivity contribution in [3.63, 3.8) is 0 Å².